The summed E-state index contributed by atoms with van der Waals surface area (Å²) < 4.78 is 5.52. The molecule has 0 spiro atoms. The van der Waals surface area contributed by atoms with Crippen LogP contribution in [-0.2, 0) is 11.3 Å². The van der Waals surface area contributed by atoms with Crippen molar-refractivity contribution in [3.63, 3.8) is 0 Å². The zero-order valence-corrected chi connectivity index (χ0v) is 9.67. The maximum absolute atomic E-state index is 9.11. The summed E-state index contributed by atoms with van der Waals surface area (Å²) in [4.78, 5) is 2.36. The number of aliphatic hydroxyl groups is 1. The summed E-state index contributed by atoms with van der Waals surface area (Å²) >= 11 is 0. The molecule has 3 heteroatoms. The maximum atomic E-state index is 9.11. The fourth-order valence-corrected chi connectivity index (χ4v) is 2.02. The molecule has 0 aromatic heterocycles. The van der Waals surface area contributed by atoms with Gasteiger partial charge < -0.3 is 9.84 Å². The molecule has 1 N–H and O–H groups in total. The van der Waals surface area contributed by atoms with E-state index < -0.39 is 0 Å². The maximum Gasteiger partial charge on any atom is 0.0933 e. The molecule has 1 unspecified atom stereocenters. The van der Waals surface area contributed by atoms with Crippen LogP contribution < -0.4 is 0 Å². The Bertz CT molecular complexity index is 315. The highest BCUT2D eigenvalue weighted by Gasteiger charge is 2.25. The third-order valence-corrected chi connectivity index (χ3v) is 3.07. The normalized spacial score (nSPS) is 26.9. The molecule has 0 bridgehead atoms. The summed E-state index contributed by atoms with van der Waals surface area (Å²) in [6.07, 6.45) is -0.0279. The Hall–Kier alpha value is -0.900. The van der Waals surface area contributed by atoms with Crippen molar-refractivity contribution in [1.82, 2.24) is 4.90 Å². The van der Waals surface area contributed by atoms with E-state index in [1.54, 1.807) is 0 Å². The van der Waals surface area contributed by atoms with E-state index in [-0.39, 0.29) is 12.7 Å². The first-order valence-corrected chi connectivity index (χ1v) is 5.80. The Balaban J connectivity index is 1.97. The summed E-state index contributed by atoms with van der Waals surface area (Å²) in [6.45, 7) is 4.72. The van der Waals surface area contributed by atoms with E-state index in [0.717, 1.165) is 13.1 Å². The molecular formula is C13H19NO2. The third-order valence-electron chi connectivity index (χ3n) is 3.07. The summed E-state index contributed by atoms with van der Waals surface area (Å²) in [6, 6.07) is 10.8. The van der Waals surface area contributed by atoms with E-state index >= 15 is 0 Å². The lowest BCUT2D eigenvalue weighted by Gasteiger charge is -2.37. The SMILES string of the molecule is C[C@@H]1COC(CO)CN1Cc1ccccc1. The van der Waals surface area contributed by atoms with E-state index in [0.29, 0.717) is 12.6 Å². The van der Waals surface area contributed by atoms with E-state index in [1.165, 1.54) is 5.56 Å². The Kier molecular flexibility index (Phi) is 3.93. The summed E-state index contributed by atoms with van der Waals surface area (Å²) in [5.74, 6) is 0. The molecular weight excluding hydrogens is 202 g/mol. The molecule has 0 saturated carbocycles. The smallest absolute Gasteiger partial charge is 0.0933 e. The van der Waals surface area contributed by atoms with Crippen molar-refractivity contribution in [2.45, 2.75) is 25.6 Å². The van der Waals surface area contributed by atoms with Gasteiger partial charge in [0.2, 0.25) is 0 Å². The van der Waals surface area contributed by atoms with Crippen molar-refractivity contribution in [3.05, 3.63) is 35.9 Å². The van der Waals surface area contributed by atoms with Gasteiger partial charge in [0.05, 0.1) is 19.3 Å². The highest BCUT2D eigenvalue weighted by atomic mass is 16.5. The van der Waals surface area contributed by atoms with E-state index in [2.05, 4.69) is 36.1 Å². The van der Waals surface area contributed by atoms with Crippen molar-refractivity contribution in [2.24, 2.45) is 0 Å². The fourth-order valence-electron chi connectivity index (χ4n) is 2.02. The van der Waals surface area contributed by atoms with E-state index in [9.17, 15) is 0 Å². The predicted octanol–water partition coefficient (Wildman–Crippen LogP) is 1.27. The molecule has 1 heterocycles. The number of rotatable bonds is 3. The van der Waals surface area contributed by atoms with Gasteiger partial charge in [0.25, 0.3) is 0 Å². The van der Waals surface area contributed by atoms with Gasteiger partial charge in [0, 0.05) is 19.1 Å². The molecule has 1 aliphatic rings. The molecule has 0 aliphatic carbocycles. The van der Waals surface area contributed by atoms with Gasteiger partial charge in [-0.3, -0.25) is 4.90 Å². The second-order valence-electron chi connectivity index (χ2n) is 4.40. The average Bonchev–Trinajstić information content (AvgIpc) is 2.33. The molecule has 2 rings (SSSR count). The number of hydrogen-bond donors (Lipinski definition) is 1. The van der Waals surface area contributed by atoms with Gasteiger partial charge >= 0.3 is 0 Å². The van der Waals surface area contributed by atoms with Gasteiger partial charge in [-0.2, -0.15) is 0 Å². The molecule has 1 aromatic carbocycles. The Morgan fingerprint density at radius 2 is 2.12 bits per heavy atom. The van der Waals surface area contributed by atoms with Crippen LogP contribution in [0.5, 0.6) is 0 Å². The Morgan fingerprint density at radius 1 is 1.38 bits per heavy atom. The summed E-state index contributed by atoms with van der Waals surface area (Å²) in [7, 11) is 0. The topological polar surface area (TPSA) is 32.7 Å². The molecule has 88 valence electrons. The van der Waals surface area contributed by atoms with Crippen LogP contribution in [0.25, 0.3) is 0 Å². The van der Waals surface area contributed by atoms with Gasteiger partial charge in [0.15, 0.2) is 0 Å². The number of benzene rings is 1. The first-order chi connectivity index (χ1) is 7.79. The molecule has 0 radical (unpaired) electrons. The lowest BCUT2D eigenvalue weighted by Crippen LogP contribution is -2.48. The minimum Gasteiger partial charge on any atom is -0.394 e. The fraction of sp³-hybridized carbons (Fsp3) is 0.538. The molecule has 1 saturated heterocycles. The largest absolute Gasteiger partial charge is 0.394 e. The first kappa shape index (κ1) is 11.6. The van der Waals surface area contributed by atoms with Crippen LogP contribution in [0.2, 0.25) is 0 Å². The van der Waals surface area contributed by atoms with Crippen LogP contribution in [0.1, 0.15) is 12.5 Å². The lowest BCUT2D eigenvalue weighted by molar-refractivity contribution is -0.0805. The molecule has 16 heavy (non-hydrogen) atoms. The van der Waals surface area contributed by atoms with Crippen LogP contribution in [0, 0.1) is 0 Å². The number of morpholine rings is 1. The van der Waals surface area contributed by atoms with E-state index in [4.69, 9.17) is 9.84 Å². The average molecular weight is 221 g/mol. The van der Waals surface area contributed by atoms with Crippen LogP contribution >= 0.6 is 0 Å². The predicted molar refractivity (Wildman–Crippen MR) is 63.1 cm³/mol. The Labute approximate surface area is 96.6 Å². The molecule has 1 aliphatic heterocycles. The summed E-state index contributed by atoms with van der Waals surface area (Å²) in [5.41, 5.74) is 1.31. The van der Waals surface area contributed by atoms with Crippen molar-refractivity contribution in [1.29, 1.82) is 0 Å². The molecule has 3 nitrogen and oxygen atoms in total. The van der Waals surface area contributed by atoms with Gasteiger partial charge in [-0.1, -0.05) is 30.3 Å². The zero-order valence-electron chi connectivity index (χ0n) is 9.67. The van der Waals surface area contributed by atoms with Crippen LogP contribution in [0.4, 0.5) is 0 Å². The van der Waals surface area contributed by atoms with Gasteiger partial charge in [0.1, 0.15) is 0 Å². The minimum atomic E-state index is -0.0279. The number of hydrogen-bond acceptors (Lipinski definition) is 3. The minimum absolute atomic E-state index is 0.0279. The standard InChI is InChI=1S/C13H19NO2/c1-11-10-16-13(9-15)8-14(11)7-12-5-3-2-4-6-12/h2-6,11,13,15H,7-10H2,1H3/t11-,13?/m1/s1. The van der Waals surface area contributed by atoms with Crippen LogP contribution in [0.3, 0.4) is 0 Å². The van der Waals surface area contributed by atoms with Crippen molar-refractivity contribution in [3.8, 4) is 0 Å². The van der Waals surface area contributed by atoms with Gasteiger partial charge in [-0.25, -0.2) is 0 Å². The van der Waals surface area contributed by atoms with Crippen molar-refractivity contribution < 1.29 is 9.84 Å². The molecule has 2 atom stereocenters. The second kappa shape index (κ2) is 5.43. The van der Waals surface area contributed by atoms with Crippen LogP contribution in [-0.4, -0.2) is 41.9 Å². The zero-order chi connectivity index (χ0) is 11.4. The summed E-state index contributed by atoms with van der Waals surface area (Å²) in [5, 5.41) is 9.11. The quantitative estimate of drug-likeness (QED) is 0.834. The monoisotopic (exact) mass is 221 g/mol. The lowest BCUT2D eigenvalue weighted by atomic mass is 10.1. The third kappa shape index (κ3) is 2.82. The molecule has 1 aromatic rings. The highest BCUT2D eigenvalue weighted by Crippen LogP contribution is 2.15. The van der Waals surface area contributed by atoms with Crippen molar-refractivity contribution in [2.75, 3.05) is 19.8 Å². The van der Waals surface area contributed by atoms with Gasteiger partial charge in [-0.05, 0) is 12.5 Å². The number of aliphatic hydroxyl groups excluding tert-OH is 1. The molecule has 0 amide bonds. The Morgan fingerprint density at radius 3 is 2.81 bits per heavy atom. The second-order valence-corrected chi connectivity index (χ2v) is 4.40. The van der Waals surface area contributed by atoms with Gasteiger partial charge in [-0.15, -0.1) is 0 Å². The highest BCUT2D eigenvalue weighted by molar-refractivity contribution is 5.14. The molecule has 1 fully saturated rings. The first-order valence-electron chi connectivity index (χ1n) is 5.80. The van der Waals surface area contributed by atoms with E-state index in [1.807, 2.05) is 6.07 Å². The number of nitrogens with zero attached hydrogens (tertiary/aromatic N) is 1. The van der Waals surface area contributed by atoms with Crippen LogP contribution in [0.15, 0.2) is 30.3 Å². The number of ether oxygens (including phenoxy) is 1. The van der Waals surface area contributed by atoms with Crippen molar-refractivity contribution >= 4 is 0 Å².